The highest BCUT2D eigenvalue weighted by atomic mass is 35.5. The number of benzene rings is 1. The van der Waals surface area contributed by atoms with Crippen molar-refractivity contribution in [1.82, 2.24) is 0 Å². The highest BCUT2D eigenvalue weighted by molar-refractivity contribution is 6.69. The normalized spacial score (nSPS) is 19.8. The number of halogens is 1. The van der Waals surface area contributed by atoms with Crippen molar-refractivity contribution in [3.63, 3.8) is 0 Å². The van der Waals surface area contributed by atoms with Crippen molar-refractivity contribution in [1.29, 1.82) is 0 Å². The third-order valence-corrected chi connectivity index (χ3v) is 5.45. The quantitative estimate of drug-likeness (QED) is 0.676. The fourth-order valence-electron chi connectivity index (χ4n) is 2.92. The molecular formula is C15H20B4ClNO. The van der Waals surface area contributed by atoms with E-state index in [1.54, 1.807) is 0 Å². The van der Waals surface area contributed by atoms with Crippen molar-refractivity contribution in [3.05, 3.63) is 16.7 Å². The molecule has 0 atom stereocenters. The van der Waals surface area contributed by atoms with E-state index in [1.165, 1.54) is 0 Å². The predicted octanol–water partition coefficient (Wildman–Crippen LogP) is 1.37. The van der Waals surface area contributed by atoms with Gasteiger partial charge in [-0.05, 0) is 49.1 Å². The largest absolute Gasteiger partial charge is 0.426 e. The van der Waals surface area contributed by atoms with Gasteiger partial charge in [0.25, 0.3) is 0 Å². The molecule has 1 aliphatic rings. The van der Waals surface area contributed by atoms with Gasteiger partial charge in [0.2, 0.25) is 0 Å². The van der Waals surface area contributed by atoms with Gasteiger partial charge >= 0.3 is 6.92 Å². The molecule has 6 radical (unpaired) electrons. The molecule has 1 saturated heterocycles. The molecule has 7 heteroatoms. The van der Waals surface area contributed by atoms with E-state index < -0.39 is 5.72 Å². The molecule has 0 spiro atoms. The number of rotatable bonds is 3. The van der Waals surface area contributed by atoms with Crippen LogP contribution in [0.15, 0.2) is 6.07 Å². The van der Waals surface area contributed by atoms with Crippen molar-refractivity contribution in [2.24, 2.45) is 5.41 Å². The first-order valence-electron chi connectivity index (χ1n) is 7.51. The Balaban J connectivity index is 2.52. The molecule has 2 nitrogen and oxygen atoms in total. The molecule has 1 aromatic rings. The van der Waals surface area contributed by atoms with Gasteiger partial charge in [0.05, 0.1) is 21.3 Å². The molecule has 22 heavy (non-hydrogen) atoms. The minimum atomic E-state index is -0.512. The van der Waals surface area contributed by atoms with E-state index in [4.69, 9.17) is 45.5 Å². The minimum Gasteiger partial charge on any atom is -0.426 e. The van der Waals surface area contributed by atoms with Gasteiger partial charge in [0.1, 0.15) is 7.85 Å². The Kier molecular flexibility index (Phi) is 4.77. The number of nitrogens with two attached hydrogens (primary N) is 1. The van der Waals surface area contributed by atoms with E-state index in [9.17, 15) is 0 Å². The molecule has 0 unspecified atom stereocenters. The third-order valence-electron chi connectivity index (χ3n) is 5.02. The Bertz CT molecular complexity index is 573. The van der Waals surface area contributed by atoms with Crippen LogP contribution in [0.1, 0.15) is 33.3 Å². The Morgan fingerprint density at radius 3 is 2.41 bits per heavy atom. The molecule has 1 aliphatic heterocycles. The smallest absolute Gasteiger partial charge is 0.328 e. The van der Waals surface area contributed by atoms with Gasteiger partial charge in [-0.2, -0.15) is 0 Å². The van der Waals surface area contributed by atoms with E-state index in [1.807, 2.05) is 6.07 Å². The molecule has 0 saturated carbocycles. The standard InChI is InChI=1S/C15H20B4ClNO/c1-14(2)7-19(22-15(14,3)4)9-6-10(21)12(18)13(20)8(9)5-11(16)17/h6,11H,5,7,21H2,1-4H3. The van der Waals surface area contributed by atoms with Crippen molar-refractivity contribution in [2.75, 3.05) is 5.73 Å². The molecule has 2 rings (SSSR count). The number of anilines is 1. The van der Waals surface area contributed by atoms with Crippen LogP contribution in [0.25, 0.3) is 0 Å². The van der Waals surface area contributed by atoms with Gasteiger partial charge in [0, 0.05) is 10.7 Å². The van der Waals surface area contributed by atoms with Crippen LogP contribution < -0.4 is 16.7 Å². The zero-order valence-electron chi connectivity index (χ0n) is 13.7. The zero-order valence-corrected chi connectivity index (χ0v) is 14.5. The topological polar surface area (TPSA) is 35.2 Å². The minimum absolute atomic E-state index is 0.0302. The maximum atomic E-state index is 6.40. The lowest BCUT2D eigenvalue weighted by Gasteiger charge is -2.34. The molecule has 2 N–H and O–H groups in total. The Labute approximate surface area is 143 Å². The summed E-state index contributed by atoms with van der Waals surface area (Å²) in [6.45, 7) is 8.50. The summed E-state index contributed by atoms with van der Waals surface area (Å²) in [6.07, 6.45) is 1.30. The van der Waals surface area contributed by atoms with E-state index in [-0.39, 0.29) is 17.9 Å². The van der Waals surface area contributed by atoms with Gasteiger partial charge < -0.3 is 10.4 Å². The lowest BCUT2D eigenvalue weighted by Crippen LogP contribution is -2.38. The molecule has 0 aliphatic carbocycles. The highest BCUT2D eigenvalue weighted by Gasteiger charge is 2.50. The van der Waals surface area contributed by atoms with Gasteiger partial charge in [-0.3, -0.25) is 0 Å². The SMILES string of the molecule is [B]c1c(N)cc(B2CC(C)(C)C(C)(C)O2)c(CC([B])[B])c1Cl. The number of hydrogen-bond acceptors (Lipinski definition) is 2. The summed E-state index contributed by atoms with van der Waals surface area (Å²) in [5.41, 5.74) is 7.87. The molecule has 0 aromatic heterocycles. The molecule has 0 bridgehead atoms. The zero-order chi connectivity index (χ0) is 16.9. The Morgan fingerprint density at radius 2 is 1.95 bits per heavy atom. The fraction of sp³-hybridized carbons (Fsp3) is 0.600. The second kappa shape index (κ2) is 5.87. The summed E-state index contributed by atoms with van der Waals surface area (Å²) in [4.78, 5) is 0. The molecule has 1 aromatic carbocycles. The van der Waals surface area contributed by atoms with E-state index >= 15 is 0 Å². The van der Waals surface area contributed by atoms with E-state index in [0.717, 1.165) is 17.3 Å². The van der Waals surface area contributed by atoms with Crippen LogP contribution in [0.2, 0.25) is 17.1 Å². The monoisotopic (exact) mass is 309 g/mol. The molecule has 1 fully saturated rings. The summed E-state index contributed by atoms with van der Waals surface area (Å²) in [6, 6.07) is 1.85. The van der Waals surface area contributed by atoms with E-state index in [0.29, 0.717) is 22.6 Å². The Hall–Kier alpha value is -0.470. The maximum Gasteiger partial charge on any atom is 0.328 e. The average molecular weight is 309 g/mol. The summed E-state index contributed by atoms with van der Waals surface area (Å²) in [5, 5.41) is 0.432. The van der Waals surface area contributed by atoms with Crippen LogP contribution in [0, 0.1) is 5.41 Å². The number of nitrogen functional groups attached to an aromatic ring is 1. The average Bonchev–Trinajstić information content (AvgIpc) is 2.58. The van der Waals surface area contributed by atoms with Gasteiger partial charge in [-0.1, -0.05) is 30.9 Å². The first-order valence-corrected chi connectivity index (χ1v) is 7.89. The van der Waals surface area contributed by atoms with Crippen molar-refractivity contribution in [3.8, 4) is 0 Å². The van der Waals surface area contributed by atoms with Gasteiger partial charge in [-0.25, -0.2) is 0 Å². The lowest BCUT2D eigenvalue weighted by atomic mass is 9.52. The van der Waals surface area contributed by atoms with Crippen LogP contribution in [0.5, 0.6) is 0 Å². The van der Waals surface area contributed by atoms with Crippen LogP contribution >= 0.6 is 11.6 Å². The van der Waals surface area contributed by atoms with Crippen molar-refractivity contribution < 1.29 is 4.65 Å². The second-order valence-electron chi connectivity index (χ2n) is 7.33. The van der Waals surface area contributed by atoms with Gasteiger partial charge in [-0.15, -0.1) is 5.72 Å². The second-order valence-corrected chi connectivity index (χ2v) is 7.71. The third kappa shape index (κ3) is 3.10. The van der Waals surface area contributed by atoms with Crippen molar-refractivity contribution >= 4 is 58.7 Å². The molecule has 110 valence electrons. The Morgan fingerprint density at radius 1 is 1.36 bits per heavy atom. The molecular weight excluding hydrogens is 289 g/mol. The number of hydrogen-bond donors (Lipinski definition) is 1. The van der Waals surface area contributed by atoms with Crippen LogP contribution in [0.4, 0.5) is 5.69 Å². The highest BCUT2D eigenvalue weighted by Crippen LogP contribution is 2.45. The van der Waals surface area contributed by atoms with Crippen molar-refractivity contribution in [2.45, 2.75) is 51.8 Å². The van der Waals surface area contributed by atoms with Gasteiger partial charge in [0.15, 0.2) is 0 Å². The first kappa shape index (κ1) is 17.9. The summed E-state index contributed by atoms with van der Waals surface area (Å²) in [7, 11) is 17.5. The summed E-state index contributed by atoms with van der Waals surface area (Å²) >= 11 is 6.40. The first-order chi connectivity index (χ1) is 9.96. The van der Waals surface area contributed by atoms with Crippen LogP contribution in [-0.4, -0.2) is 36.1 Å². The maximum absolute atomic E-state index is 6.40. The predicted molar refractivity (Wildman–Crippen MR) is 99.4 cm³/mol. The lowest BCUT2D eigenvalue weighted by molar-refractivity contribution is 0.0375. The van der Waals surface area contributed by atoms with E-state index in [2.05, 4.69) is 27.7 Å². The van der Waals surface area contributed by atoms with Crippen LogP contribution in [-0.2, 0) is 11.1 Å². The summed E-state index contributed by atoms with van der Waals surface area (Å²) < 4.78 is 6.29. The van der Waals surface area contributed by atoms with Crippen LogP contribution in [0.3, 0.4) is 0 Å². The fourth-order valence-corrected chi connectivity index (χ4v) is 3.21. The summed E-state index contributed by atoms with van der Waals surface area (Å²) in [5.74, 6) is 0. The molecule has 1 heterocycles. The molecule has 0 amide bonds.